The monoisotopic (exact) mass is 362 g/mol. The zero-order valence-electron chi connectivity index (χ0n) is 12.9. The number of nitrogens with zero attached hydrogens (tertiary/aromatic N) is 1. The highest BCUT2D eigenvalue weighted by Crippen LogP contribution is 2.20. The van der Waals surface area contributed by atoms with Gasteiger partial charge in [-0.1, -0.05) is 24.6 Å². The summed E-state index contributed by atoms with van der Waals surface area (Å²) in [4.78, 5) is 13.8. The Labute approximate surface area is 140 Å². The minimum Gasteiger partial charge on any atom is -0.351 e. The maximum Gasteiger partial charge on any atom is 0.234 e. The van der Waals surface area contributed by atoms with E-state index in [0.29, 0.717) is 23.6 Å². The normalized spacial score (nSPS) is 19.9. The molecule has 0 aromatic heterocycles. The molecular formula is C15H20ClFN2O3S. The standard InChI is InChI=1S/C15H20ClFN2O3S/c1-2-19(8-12-13(16)4-3-5-14(12)17)9-15(20)18-11-6-7-23(21,22)10-11/h3-5,11H,2,6-10H2,1H3,(H,18,20)/t11-/m1/s1. The first-order chi connectivity index (χ1) is 10.8. The van der Waals surface area contributed by atoms with Crippen LogP contribution in [0.25, 0.3) is 0 Å². The Morgan fingerprint density at radius 3 is 2.78 bits per heavy atom. The van der Waals surface area contributed by atoms with E-state index < -0.39 is 15.7 Å². The van der Waals surface area contributed by atoms with Gasteiger partial charge in [-0.2, -0.15) is 0 Å². The van der Waals surface area contributed by atoms with Crippen molar-refractivity contribution in [1.82, 2.24) is 10.2 Å². The van der Waals surface area contributed by atoms with Gasteiger partial charge in [0.2, 0.25) is 5.91 Å². The summed E-state index contributed by atoms with van der Waals surface area (Å²) in [6, 6.07) is 4.14. The van der Waals surface area contributed by atoms with E-state index in [4.69, 9.17) is 11.6 Å². The van der Waals surface area contributed by atoms with E-state index in [1.165, 1.54) is 12.1 Å². The molecule has 0 saturated carbocycles. The van der Waals surface area contributed by atoms with Crippen LogP contribution in [0.5, 0.6) is 0 Å². The van der Waals surface area contributed by atoms with E-state index in [0.717, 1.165) is 0 Å². The molecule has 1 amide bonds. The summed E-state index contributed by atoms with van der Waals surface area (Å²) in [5, 5.41) is 3.05. The molecule has 1 aromatic rings. The Balaban J connectivity index is 1.93. The number of halogens is 2. The van der Waals surface area contributed by atoms with Gasteiger partial charge in [-0.3, -0.25) is 9.69 Å². The highest BCUT2D eigenvalue weighted by molar-refractivity contribution is 7.91. The molecule has 1 aromatic carbocycles. The fraction of sp³-hybridized carbons (Fsp3) is 0.533. The lowest BCUT2D eigenvalue weighted by atomic mass is 10.2. The number of hydrogen-bond donors (Lipinski definition) is 1. The lowest BCUT2D eigenvalue weighted by Gasteiger charge is -2.22. The van der Waals surface area contributed by atoms with Crippen LogP contribution in [-0.2, 0) is 21.2 Å². The van der Waals surface area contributed by atoms with E-state index in [9.17, 15) is 17.6 Å². The van der Waals surface area contributed by atoms with Crippen LogP contribution in [0.4, 0.5) is 4.39 Å². The van der Waals surface area contributed by atoms with Crippen molar-refractivity contribution in [3.8, 4) is 0 Å². The molecule has 1 aliphatic heterocycles. The first-order valence-electron chi connectivity index (χ1n) is 7.45. The molecule has 8 heteroatoms. The third kappa shape index (κ3) is 5.16. The lowest BCUT2D eigenvalue weighted by molar-refractivity contribution is -0.122. The zero-order chi connectivity index (χ0) is 17.0. The molecule has 1 N–H and O–H groups in total. The van der Waals surface area contributed by atoms with Gasteiger partial charge in [-0.25, -0.2) is 12.8 Å². The van der Waals surface area contributed by atoms with Gasteiger partial charge in [0.1, 0.15) is 5.82 Å². The molecular weight excluding hydrogens is 343 g/mol. The number of amides is 1. The fourth-order valence-electron chi connectivity index (χ4n) is 2.57. The van der Waals surface area contributed by atoms with Crippen molar-refractivity contribution in [2.75, 3.05) is 24.6 Å². The smallest absolute Gasteiger partial charge is 0.234 e. The van der Waals surface area contributed by atoms with Crippen molar-refractivity contribution >= 4 is 27.3 Å². The van der Waals surface area contributed by atoms with Crippen molar-refractivity contribution < 1.29 is 17.6 Å². The summed E-state index contributed by atoms with van der Waals surface area (Å²) >= 11 is 6.00. The zero-order valence-corrected chi connectivity index (χ0v) is 14.5. The summed E-state index contributed by atoms with van der Waals surface area (Å²) in [6.07, 6.45) is 0.444. The van der Waals surface area contributed by atoms with E-state index in [1.807, 2.05) is 6.92 Å². The molecule has 1 atom stereocenters. The Morgan fingerprint density at radius 1 is 1.48 bits per heavy atom. The van der Waals surface area contributed by atoms with Gasteiger partial charge < -0.3 is 5.32 Å². The molecule has 1 fully saturated rings. The van der Waals surface area contributed by atoms with Crippen molar-refractivity contribution in [2.45, 2.75) is 25.9 Å². The highest BCUT2D eigenvalue weighted by atomic mass is 35.5. The molecule has 5 nitrogen and oxygen atoms in total. The summed E-state index contributed by atoms with van der Waals surface area (Å²) in [7, 11) is -3.03. The molecule has 2 rings (SSSR count). The fourth-order valence-corrected chi connectivity index (χ4v) is 4.47. The van der Waals surface area contributed by atoms with Crippen molar-refractivity contribution in [1.29, 1.82) is 0 Å². The first-order valence-corrected chi connectivity index (χ1v) is 9.65. The van der Waals surface area contributed by atoms with E-state index in [2.05, 4.69) is 5.32 Å². The summed E-state index contributed by atoms with van der Waals surface area (Å²) in [5.74, 6) is -0.566. The average molecular weight is 363 g/mol. The van der Waals surface area contributed by atoms with Crippen LogP contribution >= 0.6 is 11.6 Å². The van der Waals surface area contributed by atoms with Gasteiger partial charge in [-0.05, 0) is 25.1 Å². The van der Waals surface area contributed by atoms with Gasteiger partial charge >= 0.3 is 0 Å². The van der Waals surface area contributed by atoms with Gasteiger partial charge in [-0.15, -0.1) is 0 Å². The van der Waals surface area contributed by atoms with Crippen LogP contribution in [0.2, 0.25) is 5.02 Å². The number of sulfone groups is 1. The molecule has 1 aliphatic rings. The number of hydrogen-bond acceptors (Lipinski definition) is 4. The van der Waals surface area contributed by atoms with Crippen molar-refractivity contribution in [3.05, 3.63) is 34.6 Å². The number of carbonyl (C=O) groups excluding carboxylic acids is 1. The maximum atomic E-state index is 13.8. The van der Waals surface area contributed by atoms with Gasteiger partial charge in [0.25, 0.3) is 0 Å². The SMILES string of the molecule is CCN(CC(=O)N[C@@H]1CCS(=O)(=O)C1)Cc1c(F)cccc1Cl. The predicted molar refractivity (Wildman–Crippen MR) is 87.6 cm³/mol. The van der Waals surface area contributed by atoms with Crippen LogP contribution in [0.3, 0.4) is 0 Å². The van der Waals surface area contributed by atoms with Crippen LogP contribution < -0.4 is 5.32 Å². The van der Waals surface area contributed by atoms with Gasteiger partial charge in [0, 0.05) is 23.2 Å². The van der Waals surface area contributed by atoms with Crippen LogP contribution in [0.15, 0.2) is 18.2 Å². The van der Waals surface area contributed by atoms with Gasteiger partial charge in [0.05, 0.1) is 18.1 Å². The second kappa shape index (κ2) is 7.59. The molecule has 1 heterocycles. The molecule has 0 spiro atoms. The Kier molecular flexibility index (Phi) is 6.00. The van der Waals surface area contributed by atoms with Gasteiger partial charge in [0.15, 0.2) is 9.84 Å². The van der Waals surface area contributed by atoms with Crippen LogP contribution in [0, 0.1) is 5.82 Å². The third-order valence-corrected chi connectivity index (χ3v) is 5.98. The molecule has 128 valence electrons. The Morgan fingerprint density at radius 2 is 2.22 bits per heavy atom. The predicted octanol–water partition coefficient (Wildman–Crippen LogP) is 1.60. The topological polar surface area (TPSA) is 66.5 Å². The summed E-state index contributed by atoms with van der Waals surface area (Å²) in [6.45, 7) is 2.69. The average Bonchev–Trinajstić information content (AvgIpc) is 2.80. The largest absolute Gasteiger partial charge is 0.351 e. The number of nitrogens with one attached hydrogen (secondary N) is 1. The molecule has 0 unspecified atom stereocenters. The molecule has 0 bridgehead atoms. The lowest BCUT2D eigenvalue weighted by Crippen LogP contribution is -2.42. The minimum absolute atomic E-state index is 0.00991. The Hall–Kier alpha value is -1.18. The van der Waals surface area contributed by atoms with Crippen LogP contribution in [0.1, 0.15) is 18.9 Å². The van der Waals surface area contributed by atoms with Crippen molar-refractivity contribution in [3.63, 3.8) is 0 Å². The van der Waals surface area contributed by atoms with E-state index in [-0.39, 0.29) is 36.5 Å². The summed E-state index contributed by atoms with van der Waals surface area (Å²) < 4.78 is 36.6. The number of benzene rings is 1. The van der Waals surface area contributed by atoms with Crippen molar-refractivity contribution in [2.24, 2.45) is 0 Å². The third-order valence-electron chi connectivity index (χ3n) is 3.86. The van der Waals surface area contributed by atoms with E-state index >= 15 is 0 Å². The Bertz CT molecular complexity index is 661. The first kappa shape index (κ1) is 18.2. The summed E-state index contributed by atoms with van der Waals surface area (Å²) in [5.41, 5.74) is 0.354. The second-order valence-corrected chi connectivity index (χ2v) is 8.31. The highest BCUT2D eigenvalue weighted by Gasteiger charge is 2.29. The van der Waals surface area contributed by atoms with E-state index in [1.54, 1.807) is 11.0 Å². The molecule has 23 heavy (non-hydrogen) atoms. The maximum absolute atomic E-state index is 13.8. The number of likely N-dealkylation sites (N-methyl/N-ethyl adjacent to an activating group) is 1. The molecule has 0 aliphatic carbocycles. The molecule has 0 radical (unpaired) electrons. The molecule has 1 saturated heterocycles. The number of rotatable bonds is 6. The van der Waals surface area contributed by atoms with Crippen LogP contribution in [-0.4, -0.2) is 49.9 Å². The second-order valence-electron chi connectivity index (χ2n) is 5.67. The quantitative estimate of drug-likeness (QED) is 0.834. The minimum atomic E-state index is -3.03. The number of carbonyl (C=O) groups is 1.